The normalized spacial score (nSPS) is 19.2. The van der Waals surface area contributed by atoms with Crippen LogP contribution in [0.5, 0.6) is 0 Å². The van der Waals surface area contributed by atoms with Crippen molar-refractivity contribution in [3.8, 4) is 0 Å². The van der Waals surface area contributed by atoms with Crippen molar-refractivity contribution in [3.63, 3.8) is 0 Å². The first-order valence-electron chi connectivity index (χ1n) is 7.95. The Balaban J connectivity index is 1.73. The zero-order valence-corrected chi connectivity index (χ0v) is 14.6. The minimum atomic E-state index is 0.467. The number of nitrogens with zero attached hydrogens (tertiary/aromatic N) is 5. The fourth-order valence-electron chi connectivity index (χ4n) is 3.44. The largest absolute Gasteiger partial charge is 0.297 e. The molecule has 2 aromatic heterocycles. The molecule has 0 spiro atoms. The van der Waals surface area contributed by atoms with E-state index >= 15 is 0 Å². The van der Waals surface area contributed by atoms with Crippen LogP contribution in [0.3, 0.4) is 0 Å². The van der Waals surface area contributed by atoms with Gasteiger partial charge in [-0.25, -0.2) is 0 Å². The lowest BCUT2D eigenvalue weighted by Crippen LogP contribution is -2.22. The lowest BCUT2D eigenvalue weighted by atomic mass is 10.2. The zero-order valence-electron chi connectivity index (χ0n) is 13.8. The number of aryl methyl sites for hydroxylation is 4. The molecule has 1 aliphatic rings. The lowest BCUT2D eigenvalue weighted by molar-refractivity contribution is 0.309. The van der Waals surface area contributed by atoms with Gasteiger partial charge in [0.2, 0.25) is 0 Å². The molecule has 0 unspecified atom stereocenters. The molecule has 0 saturated carbocycles. The van der Waals surface area contributed by atoms with E-state index in [1.807, 2.05) is 7.05 Å². The fourth-order valence-corrected chi connectivity index (χ4v) is 3.64. The molecule has 2 aromatic rings. The highest BCUT2D eigenvalue weighted by molar-refractivity contribution is 6.30. The van der Waals surface area contributed by atoms with E-state index in [-0.39, 0.29) is 0 Å². The molecular weight excluding hydrogens is 298 g/mol. The number of hydrogen-bond acceptors (Lipinski definition) is 3. The molecule has 0 aliphatic carbocycles. The molecule has 0 aromatic carbocycles. The number of rotatable bonds is 4. The van der Waals surface area contributed by atoms with Crippen LogP contribution in [0.2, 0.25) is 5.15 Å². The molecule has 1 atom stereocenters. The van der Waals surface area contributed by atoms with Crippen molar-refractivity contribution >= 4 is 11.6 Å². The second-order valence-electron chi connectivity index (χ2n) is 6.24. The predicted molar refractivity (Wildman–Crippen MR) is 88.2 cm³/mol. The molecule has 3 rings (SSSR count). The smallest absolute Gasteiger partial charge is 0.131 e. The van der Waals surface area contributed by atoms with Crippen molar-refractivity contribution in [2.45, 2.75) is 46.2 Å². The van der Waals surface area contributed by atoms with E-state index in [1.165, 1.54) is 11.3 Å². The zero-order chi connectivity index (χ0) is 15.9. The van der Waals surface area contributed by atoms with E-state index in [0.29, 0.717) is 6.04 Å². The monoisotopic (exact) mass is 321 g/mol. The van der Waals surface area contributed by atoms with Crippen LogP contribution < -0.4 is 0 Å². The second-order valence-corrected chi connectivity index (χ2v) is 6.60. The van der Waals surface area contributed by atoms with Gasteiger partial charge in [0.15, 0.2) is 0 Å². The minimum absolute atomic E-state index is 0.467. The highest BCUT2D eigenvalue weighted by Gasteiger charge is 2.27. The maximum Gasteiger partial charge on any atom is 0.131 e. The molecule has 1 saturated heterocycles. The van der Waals surface area contributed by atoms with Crippen LogP contribution in [0.15, 0.2) is 6.07 Å². The Kier molecular flexibility index (Phi) is 4.28. The summed E-state index contributed by atoms with van der Waals surface area (Å²) >= 11 is 6.41. The van der Waals surface area contributed by atoms with Crippen LogP contribution in [-0.2, 0) is 20.0 Å². The first-order valence-corrected chi connectivity index (χ1v) is 8.32. The Bertz CT molecular complexity index is 672. The SMILES string of the molecule is CCc1nn(C)c(Cl)c1CN1CC[C@@H](n2nc(C)cc2C)C1. The summed E-state index contributed by atoms with van der Waals surface area (Å²) < 4.78 is 3.96. The maximum atomic E-state index is 6.41. The van der Waals surface area contributed by atoms with E-state index in [9.17, 15) is 0 Å². The van der Waals surface area contributed by atoms with Crippen molar-refractivity contribution in [2.24, 2.45) is 7.05 Å². The maximum absolute atomic E-state index is 6.41. The quantitative estimate of drug-likeness (QED) is 0.869. The molecule has 1 fully saturated rings. The Morgan fingerprint density at radius 1 is 1.32 bits per heavy atom. The van der Waals surface area contributed by atoms with Gasteiger partial charge in [-0.3, -0.25) is 14.3 Å². The highest BCUT2D eigenvalue weighted by Crippen LogP contribution is 2.27. The number of likely N-dealkylation sites (tertiary alicyclic amines) is 1. The molecule has 0 N–H and O–H groups in total. The number of halogens is 1. The summed E-state index contributed by atoms with van der Waals surface area (Å²) in [5.41, 5.74) is 4.64. The standard InChI is InChI=1S/C16H24ClN5/c1-5-15-14(16(17)20(4)19-15)10-21-7-6-13(9-21)22-12(3)8-11(2)18-22/h8,13H,5-7,9-10H2,1-4H3/t13-/m1/s1. The van der Waals surface area contributed by atoms with E-state index in [0.717, 1.165) is 49.0 Å². The first kappa shape index (κ1) is 15.6. The summed E-state index contributed by atoms with van der Waals surface area (Å²) in [7, 11) is 1.91. The summed E-state index contributed by atoms with van der Waals surface area (Å²) in [4.78, 5) is 2.46. The van der Waals surface area contributed by atoms with Gasteiger partial charge in [0.25, 0.3) is 0 Å². The van der Waals surface area contributed by atoms with E-state index in [1.54, 1.807) is 4.68 Å². The Morgan fingerprint density at radius 3 is 2.73 bits per heavy atom. The van der Waals surface area contributed by atoms with Gasteiger partial charge in [-0.15, -0.1) is 0 Å². The van der Waals surface area contributed by atoms with E-state index in [2.05, 4.69) is 46.6 Å². The second kappa shape index (κ2) is 6.05. The Labute approximate surface area is 136 Å². The third-order valence-electron chi connectivity index (χ3n) is 4.51. The van der Waals surface area contributed by atoms with Gasteiger partial charge >= 0.3 is 0 Å². The van der Waals surface area contributed by atoms with Gasteiger partial charge in [-0.2, -0.15) is 10.2 Å². The van der Waals surface area contributed by atoms with E-state index in [4.69, 9.17) is 11.6 Å². The molecule has 0 radical (unpaired) electrons. The van der Waals surface area contributed by atoms with Crippen LogP contribution in [0.4, 0.5) is 0 Å². The molecule has 0 bridgehead atoms. The van der Waals surface area contributed by atoms with Crippen LogP contribution in [0, 0.1) is 13.8 Å². The molecule has 0 amide bonds. The lowest BCUT2D eigenvalue weighted by Gasteiger charge is -2.17. The van der Waals surface area contributed by atoms with Gasteiger partial charge < -0.3 is 0 Å². The summed E-state index contributed by atoms with van der Waals surface area (Å²) in [5, 5.41) is 9.91. The van der Waals surface area contributed by atoms with Crippen molar-refractivity contribution in [2.75, 3.05) is 13.1 Å². The van der Waals surface area contributed by atoms with Crippen LogP contribution in [-0.4, -0.2) is 37.6 Å². The summed E-state index contributed by atoms with van der Waals surface area (Å²) in [6.45, 7) is 9.30. The van der Waals surface area contributed by atoms with Crippen LogP contribution in [0.25, 0.3) is 0 Å². The molecule has 120 valence electrons. The third-order valence-corrected chi connectivity index (χ3v) is 4.98. The average molecular weight is 322 g/mol. The molecular formula is C16H24ClN5. The van der Waals surface area contributed by atoms with Gasteiger partial charge in [0.05, 0.1) is 17.4 Å². The van der Waals surface area contributed by atoms with Crippen LogP contribution >= 0.6 is 11.6 Å². The van der Waals surface area contributed by atoms with Gasteiger partial charge in [-0.05, 0) is 32.8 Å². The number of hydrogen-bond donors (Lipinski definition) is 0. The van der Waals surface area contributed by atoms with Gasteiger partial charge in [0, 0.05) is 37.9 Å². The van der Waals surface area contributed by atoms with Crippen LogP contribution in [0.1, 0.15) is 42.0 Å². The van der Waals surface area contributed by atoms with Crippen molar-refractivity contribution in [3.05, 3.63) is 33.9 Å². The predicted octanol–water partition coefficient (Wildman–Crippen LogP) is 2.90. The van der Waals surface area contributed by atoms with Crippen molar-refractivity contribution < 1.29 is 0 Å². The molecule has 3 heterocycles. The Hall–Kier alpha value is -1.33. The molecule has 22 heavy (non-hydrogen) atoms. The Morgan fingerprint density at radius 2 is 2.09 bits per heavy atom. The van der Waals surface area contributed by atoms with E-state index < -0.39 is 0 Å². The molecule has 1 aliphatic heterocycles. The summed E-state index contributed by atoms with van der Waals surface area (Å²) in [5.74, 6) is 0. The number of aromatic nitrogens is 4. The van der Waals surface area contributed by atoms with Gasteiger partial charge in [0.1, 0.15) is 5.15 Å². The highest BCUT2D eigenvalue weighted by atomic mass is 35.5. The summed E-state index contributed by atoms with van der Waals surface area (Å²) in [6, 6.07) is 2.62. The summed E-state index contributed by atoms with van der Waals surface area (Å²) in [6.07, 6.45) is 2.06. The average Bonchev–Trinajstić information content (AvgIpc) is 3.13. The van der Waals surface area contributed by atoms with Gasteiger partial charge in [-0.1, -0.05) is 18.5 Å². The fraction of sp³-hybridized carbons (Fsp3) is 0.625. The topological polar surface area (TPSA) is 38.9 Å². The van der Waals surface area contributed by atoms with Crippen molar-refractivity contribution in [1.82, 2.24) is 24.5 Å². The minimum Gasteiger partial charge on any atom is -0.297 e. The molecule has 5 nitrogen and oxygen atoms in total. The molecule has 6 heteroatoms. The van der Waals surface area contributed by atoms with Crippen molar-refractivity contribution in [1.29, 1.82) is 0 Å². The third kappa shape index (κ3) is 2.79. The first-order chi connectivity index (χ1) is 10.5.